The van der Waals surface area contributed by atoms with Gasteiger partial charge in [-0.25, -0.2) is 0 Å². The number of hydrogen-bond donors (Lipinski definition) is 1. The van der Waals surface area contributed by atoms with Crippen LogP contribution in [-0.4, -0.2) is 10.5 Å². The average Bonchev–Trinajstić information content (AvgIpc) is 3.26. The van der Waals surface area contributed by atoms with Crippen LogP contribution in [0.3, 0.4) is 0 Å². The van der Waals surface area contributed by atoms with E-state index in [2.05, 4.69) is 22.8 Å². The van der Waals surface area contributed by atoms with E-state index in [1.54, 1.807) is 6.07 Å². The molecule has 0 bridgehead atoms. The SMILES string of the molecule is NC(=O)c1cccc2c1c1[c]cc(-c3c(Cl)cccc3Cl)cc1n2Cc1ccc(OCc2ccccc2)cc1. The number of primary amides is 1. The van der Waals surface area contributed by atoms with Gasteiger partial charge in [-0.3, -0.25) is 4.79 Å². The van der Waals surface area contributed by atoms with Crippen molar-refractivity contribution in [3.63, 3.8) is 0 Å². The van der Waals surface area contributed by atoms with Gasteiger partial charge in [-0.2, -0.15) is 0 Å². The zero-order chi connectivity index (χ0) is 26.9. The van der Waals surface area contributed by atoms with Crippen LogP contribution < -0.4 is 10.5 Å². The molecule has 0 spiro atoms. The second-order valence-corrected chi connectivity index (χ2v) is 10.1. The van der Waals surface area contributed by atoms with Crippen molar-refractivity contribution in [2.75, 3.05) is 0 Å². The molecular formula is C33H23Cl2N2O2. The largest absolute Gasteiger partial charge is 0.489 e. The van der Waals surface area contributed by atoms with Crippen molar-refractivity contribution >= 4 is 50.9 Å². The first-order valence-electron chi connectivity index (χ1n) is 12.5. The van der Waals surface area contributed by atoms with Gasteiger partial charge in [0.1, 0.15) is 12.4 Å². The summed E-state index contributed by atoms with van der Waals surface area (Å²) in [6.45, 7) is 1.07. The van der Waals surface area contributed by atoms with Gasteiger partial charge in [0, 0.05) is 38.5 Å². The van der Waals surface area contributed by atoms with E-state index in [-0.39, 0.29) is 0 Å². The molecule has 0 aliphatic carbocycles. The maximum absolute atomic E-state index is 12.4. The Labute approximate surface area is 236 Å². The summed E-state index contributed by atoms with van der Waals surface area (Å²) in [6, 6.07) is 36.5. The molecule has 6 heteroatoms. The number of benzene rings is 5. The van der Waals surface area contributed by atoms with Gasteiger partial charge >= 0.3 is 0 Å². The summed E-state index contributed by atoms with van der Waals surface area (Å²) in [6.07, 6.45) is 0. The summed E-state index contributed by atoms with van der Waals surface area (Å²) >= 11 is 13.1. The molecule has 1 heterocycles. The maximum Gasteiger partial charge on any atom is 0.249 e. The molecule has 2 N–H and O–H groups in total. The Morgan fingerprint density at radius 1 is 0.821 bits per heavy atom. The highest BCUT2D eigenvalue weighted by molar-refractivity contribution is 6.39. The molecule has 0 fully saturated rings. The standard InChI is InChI=1S/C33H23Cl2N2O2/c34-27-9-5-10-28(35)31(27)23-14-17-25-30(18-23)37(29-11-4-8-26(32(25)29)33(36)38)19-21-12-15-24(16-13-21)39-20-22-6-2-1-3-7-22/h1-16,18H,19-20H2,(H2,36,38). The maximum atomic E-state index is 12.4. The molecule has 1 aromatic heterocycles. The fraction of sp³-hybridized carbons (Fsp3) is 0.0606. The summed E-state index contributed by atoms with van der Waals surface area (Å²) < 4.78 is 8.13. The van der Waals surface area contributed by atoms with E-state index in [1.807, 2.05) is 84.9 Å². The van der Waals surface area contributed by atoms with Crippen LogP contribution in [0.25, 0.3) is 32.9 Å². The minimum absolute atomic E-state index is 0.459. The van der Waals surface area contributed by atoms with Crippen molar-refractivity contribution in [1.29, 1.82) is 0 Å². The number of carbonyl (C=O) groups is 1. The first kappa shape index (κ1) is 25.1. The molecule has 6 aromatic rings. The molecule has 0 saturated heterocycles. The van der Waals surface area contributed by atoms with Gasteiger partial charge in [-0.1, -0.05) is 77.8 Å². The number of nitrogens with two attached hydrogens (primary N) is 1. The second kappa shape index (κ2) is 10.5. The highest BCUT2D eigenvalue weighted by Crippen LogP contribution is 2.39. The molecule has 0 aliphatic rings. The van der Waals surface area contributed by atoms with Gasteiger partial charge in [0.25, 0.3) is 0 Å². The van der Waals surface area contributed by atoms with Crippen LogP contribution in [0, 0.1) is 6.07 Å². The Hall–Kier alpha value is -4.25. The van der Waals surface area contributed by atoms with Crippen LogP contribution in [0.5, 0.6) is 5.75 Å². The molecule has 5 aromatic carbocycles. The van der Waals surface area contributed by atoms with Crippen LogP contribution >= 0.6 is 23.2 Å². The van der Waals surface area contributed by atoms with E-state index in [9.17, 15) is 4.79 Å². The fourth-order valence-electron chi connectivity index (χ4n) is 4.96. The highest BCUT2D eigenvalue weighted by Gasteiger charge is 2.19. The number of carbonyl (C=O) groups excluding carboxylic acids is 1. The Morgan fingerprint density at radius 3 is 2.26 bits per heavy atom. The topological polar surface area (TPSA) is 57.2 Å². The second-order valence-electron chi connectivity index (χ2n) is 9.31. The van der Waals surface area contributed by atoms with Gasteiger partial charge in [0.15, 0.2) is 0 Å². The Balaban J connectivity index is 1.42. The lowest BCUT2D eigenvalue weighted by molar-refractivity contribution is 0.100. The lowest BCUT2D eigenvalue weighted by Crippen LogP contribution is -2.11. The van der Waals surface area contributed by atoms with Crippen LogP contribution in [0.1, 0.15) is 21.5 Å². The van der Waals surface area contributed by atoms with Crippen LogP contribution in [0.2, 0.25) is 10.0 Å². The van der Waals surface area contributed by atoms with Crippen LogP contribution in [0.15, 0.2) is 103 Å². The predicted molar refractivity (Wildman–Crippen MR) is 159 cm³/mol. The molecule has 0 saturated carbocycles. The molecular weight excluding hydrogens is 527 g/mol. The normalized spacial score (nSPS) is 11.2. The molecule has 0 unspecified atom stereocenters. The number of hydrogen-bond acceptors (Lipinski definition) is 2. The van der Waals surface area contributed by atoms with Crippen molar-refractivity contribution in [3.05, 3.63) is 136 Å². The monoisotopic (exact) mass is 549 g/mol. The van der Waals surface area contributed by atoms with Crippen molar-refractivity contribution in [1.82, 2.24) is 4.57 Å². The van der Waals surface area contributed by atoms with Crippen molar-refractivity contribution in [2.24, 2.45) is 5.73 Å². The molecule has 0 aliphatic heterocycles. The lowest BCUT2D eigenvalue weighted by atomic mass is 10.0. The van der Waals surface area contributed by atoms with Gasteiger partial charge in [-0.15, -0.1) is 0 Å². The Morgan fingerprint density at radius 2 is 1.54 bits per heavy atom. The van der Waals surface area contributed by atoms with E-state index in [1.165, 1.54) is 0 Å². The van der Waals surface area contributed by atoms with Gasteiger partial charge in [0.2, 0.25) is 5.91 Å². The molecule has 39 heavy (non-hydrogen) atoms. The highest BCUT2D eigenvalue weighted by atomic mass is 35.5. The summed E-state index contributed by atoms with van der Waals surface area (Å²) in [5, 5.41) is 2.71. The van der Waals surface area contributed by atoms with Gasteiger partial charge in [0.05, 0.1) is 11.0 Å². The van der Waals surface area contributed by atoms with E-state index in [4.69, 9.17) is 33.7 Å². The van der Waals surface area contributed by atoms with E-state index in [0.29, 0.717) is 28.8 Å². The van der Waals surface area contributed by atoms with Gasteiger partial charge < -0.3 is 15.0 Å². The average molecular weight is 550 g/mol. The van der Waals surface area contributed by atoms with E-state index < -0.39 is 5.91 Å². The number of halogens is 2. The molecule has 1 amide bonds. The lowest BCUT2D eigenvalue weighted by Gasteiger charge is -2.11. The molecule has 1 radical (unpaired) electrons. The Bertz CT molecular complexity index is 1810. The number of amides is 1. The predicted octanol–water partition coefficient (Wildman–Crippen LogP) is 8.29. The van der Waals surface area contributed by atoms with Gasteiger partial charge in [-0.05, 0) is 71.3 Å². The summed E-state index contributed by atoms with van der Waals surface area (Å²) in [7, 11) is 0. The summed E-state index contributed by atoms with van der Waals surface area (Å²) in [5.74, 6) is 0.316. The number of ether oxygens (including phenoxy) is 1. The van der Waals surface area contributed by atoms with E-state index >= 15 is 0 Å². The number of rotatable bonds is 7. The van der Waals surface area contributed by atoms with E-state index in [0.717, 1.165) is 49.8 Å². The van der Waals surface area contributed by atoms with Crippen LogP contribution in [-0.2, 0) is 13.2 Å². The summed E-state index contributed by atoms with van der Waals surface area (Å²) in [5.41, 5.74) is 11.8. The third-order valence-corrected chi connectivity index (χ3v) is 7.45. The third-order valence-electron chi connectivity index (χ3n) is 6.82. The fourth-order valence-corrected chi connectivity index (χ4v) is 5.58. The molecule has 191 valence electrons. The first-order chi connectivity index (χ1) is 19.0. The zero-order valence-corrected chi connectivity index (χ0v) is 22.3. The first-order valence-corrected chi connectivity index (χ1v) is 13.2. The molecule has 4 nitrogen and oxygen atoms in total. The minimum atomic E-state index is -0.480. The smallest absolute Gasteiger partial charge is 0.249 e. The van der Waals surface area contributed by atoms with Crippen molar-refractivity contribution in [3.8, 4) is 16.9 Å². The van der Waals surface area contributed by atoms with Crippen LogP contribution in [0.4, 0.5) is 0 Å². The third kappa shape index (κ3) is 4.85. The zero-order valence-electron chi connectivity index (χ0n) is 20.8. The quantitative estimate of drug-likeness (QED) is 0.217. The number of fused-ring (bicyclic) bond motifs is 3. The molecule has 6 rings (SSSR count). The number of aromatic nitrogens is 1. The van der Waals surface area contributed by atoms with Crippen molar-refractivity contribution < 1.29 is 9.53 Å². The number of nitrogens with zero attached hydrogens (tertiary/aromatic N) is 1. The summed E-state index contributed by atoms with van der Waals surface area (Å²) in [4.78, 5) is 12.4. The van der Waals surface area contributed by atoms with Crippen molar-refractivity contribution in [2.45, 2.75) is 13.2 Å². The molecule has 0 atom stereocenters. The minimum Gasteiger partial charge on any atom is -0.489 e. The Kier molecular flexibility index (Phi) is 6.74.